The van der Waals surface area contributed by atoms with Gasteiger partial charge < -0.3 is 18.9 Å². The van der Waals surface area contributed by atoms with Crippen LogP contribution in [0.3, 0.4) is 0 Å². The van der Waals surface area contributed by atoms with E-state index in [2.05, 4.69) is 0 Å². The minimum absolute atomic E-state index is 0.111. The summed E-state index contributed by atoms with van der Waals surface area (Å²) in [7, 11) is 1.61. The molecule has 0 unspecified atom stereocenters. The summed E-state index contributed by atoms with van der Waals surface area (Å²) >= 11 is 0. The topological polar surface area (TPSA) is 54.0 Å². The van der Waals surface area contributed by atoms with Crippen LogP contribution in [-0.4, -0.2) is 52.5 Å². The van der Waals surface area contributed by atoms with E-state index in [0.717, 1.165) is 0 Å². The highest BCUT2D eigenvalue weighted by Gasteiger charge is 2.07. The Balaban J connectivity index is 2.14. The first-order valence-corrected chi connectivity index (χ1v) is 6.73. The number of hydrogen-bond donors (Lipinski definition) is 0. The standard InChI is InChI=1S/C15H21FO5/c1-12(17)13-3-4-15(14(16)11-13)21-10-9-20-8-7-19-6-5-18-2/h3-4,11H,5-10H2,1-2H3. The van der Waals surface area contributed by atoms with E-state index in [1.165, 1.54) is 25.1 Å². The maximum atomic E-state index is 13.6. The van der Waals surface area contributed by atoms with Crippen LogP contribution in [-0.2, 0) is 14.2 Å². The summed E-state index contributed by atoms with van der Waals surface area (Å²) in [6.45, 7) is 3.96. The van der Waals surface area contributed by atoms with Crippen molar-refractivity contribution in [3.05, 3.63) is 29.6 Å². The molecule has 0 N–H and O–H groups in total. The second-order valence-corrected chi connectivity index (χ2v) is 4.27. The molecule has 0 bridgehead atoms. The van der Waals surface area contributed by atoms with Crippen LogP contribution in [0.1, 0.15) is 17.3 Å². The molecule has 0 atom stereocenters. The molecule has 0 spiro atoms. The zero-order chi connectivity index (χ0) is 15.5. The lowest BCUT2D eigenvalue weighted by Gasteiger charge is -2.09. The molecule has 0 saturated heterocycles. The van der Waals surface area contributed by atoms with E-state index in [4.69, 9.17) is 18.9 Å². The molecular weight excluding hydrogens is 279 g/mol. The van der Waals surface area contributed by atoms with Crippen LogP contribution in [0.2, 0.25) is 0 Å². The average molecular weight is 300 g/mol. The summed E-state index contributed by atoms with van der Waals surface area (Å²) in [4.78, 5) is 11.1. The van der Waals surface area contributed by atoms with Crippen LogP contribution in [0.4, 0.5) is 4.39 Å². The zero-order valence-corrected chi connectivity index (χ0v) is 12.4. The van der Waals surface area contributed by atoms with Gasteiger partial charge in [-0.15, -0.1) is 0 Å². The number of carbonyl (C=O) groups excluding carboxylic acids is 1. The van der Waals surface area contributed by atoms with Crippen molar-refractivity contribution in [1.29, 1.82) is 0 Å². The number of benzene rings is 1. The molecule has 1 rings (SSSR count). The molecule has 0 amide bonds. The SMILES string of the molecule is COCCOCCOCCOc1ccc(C(C)=O)cc1F. The molecule has 0 fully saturated rings. The Morgan fingerprint density at radius 1 is 1.05 bits per heavy atom. The number of carbonyl (C=O) groups is 1. The van der Waals surface area contributed by atoms with Crippen molar-refractivity contribution in [2.75, 3.05) is 46.8 Å². The Kier molecular flexibility index (Phi) is 8.57. The normalized spacial score (nSPS) is 10.6. The minimum atomic E-state index is -0.550. The lowest BCUT2D eigenvalue weighted by molar-refractivity contribution is 0.0177. The van der Waals surface area contributed by atoms with Crippen molar-refractivity contribution < 1.29 is 28.1 Å². The quantitative estimate of drug-likeness (QED) is 0.463. The number of methoxy groups -OCH3 is 1. The third kappa shape index (κ3) is 7.17. The third-order valence-corrected chi connectivity index (χ3v) is 2.63. The van der Waals surface area contributed by atoms with E-state index in [0.29, 0.717) is 38.6 Å². The highest BCUT2D eigenvalue weighted by atomic mass is 19.1. The minimum Gasteiger partial charge on any atom is -0.488 e. The van der Waals surface area contributed by atoms with Crippen LogP contribution in [0, 0.1) is 5.82 Å². The predicted molar refractivity (Wildman–Crippen MR) is 75.4 cm³/mol. The van der Waals surface area contributed by atoms with E-state index in [1.54, 1.807) is 7.11 Å². The van der Waals surface area contributed by atoms with Gasteiger partial charge in [-0.25, -0.2) is 4.39 Å². The van der Waals surface area contributed by atoms with Crippen LogP contribution >= 0.6 is 0 Å². The summed E-state index contributed by atoms with van der Waals surface area (Å²) in [6, 6.07) is 4.15. The van der Waals surface area contributed by atoms with Gasteiger partial charge in [-0.2, -0.15) is 0 Å². The van der Waals surface area contributed by atoms with Gasteiger partial charge in [-0.3, -0.25) is 4.79 Å². The Hall–Kier alpha value is -1.50. The molecular formula is C15H21FO5. The highest BCUT2D eigenvalue weighted by molar-refractivity contribution is 5.94. The molecule has 0 aromatic heterocycles. The zero-order valence-electron chi connectivity index (χ0n) is 12.4. The fraction of sp³-hybridized carbons (Fsp3) is 0.533. The molecule has 5 nitrogen and oxygen atoms in total. The summed E-state index contributed by atoms with van der Waals surface area (Å²) in [5.41, 5.74) is 0.323. The van der Waals surface area contributed by atoms with E-state index < -0.39 is 5.82 Å². The molecule has 1 aromatic carbocycles. The highest BCUT2D eigenvalue weighted by Crippen LogP contribution is 2.18. The van der Waals surface area contributed by atoms with E-state index >= 15 is 0 Å². The number of hydrogen-bond acceptors (Lipinski definition) is 5. The van der Waals surface area contributed by atoms with Gasteiger partial charge >= 0.3 is 0 Å². The van der Waals surface area contributed by atoms with Crippen molar-refractivity contribution in [1.82, 2.24) is 0 Å². The number of ether oxygens (including phenoxy) is 4. The summed E-state index contributed by atoms with van der Waals surface area (Å²) < 4.78 is 34.2. The Labute approximate surface area is 123 Å². The van der Waals surface area contributed by atoms with Gasteiger partial charge in [0.15, 0.2) is 17.3 Å². The number of halogens is 1. The predicted octanol–water partition coefficient (Wildman–Crippen LogP) is 2.09. The Bertz CT molecular complexity index is 436. The molecule has 118 valence electrons. The molecule has 0 radical (unpaired) electrons. The molecule has 0 saturated carbocycles. The average Bonchev–Trinajstić information content (AvgIpc) is 2.46. The first-order valence-electron chi connectivity index (χ1n) is 6.73. The van der Waals surface area contributed by atoms with Gasteiger partial charge in [-0.05, 0) is 25.1 Å². The largest absolute Gasteiger partial charge is 0.488 e. The Morgan fingerprint density at radius 3 is 2.24 bits per heavy atom. The monoisotopic (exact) mass is 300 g/mol. The third-order valence-electron chi connectivity index (χ3n) is 2.63. The van der Waals surface area contributed by atoms with Crippen molar-refractivity contribution in [3.63, 3.8) is 0 Å². The Morgan fingerprint density at radius 2 is 1.67 bits per heavy atom. The lowest BCUT2D eigenvalue weighted by Crippen LogP contribution is -2.12. The van der Waals surface area contributed by atoms with Crippen molar-refractivity contribution >= 4 is 5.78 Å². The van der Waals surface area contributed by atoms with Gasteiger partial charge in [0, 0.05) is 12.7 Å². The van der Waals surface area contributed by atoms with Crippen LogP contribution in [0.15, 0.2) is 18.2 Å². The van der Waals surface area contributed by atoms with Crippen molar-refractivity contribution in [3.8, 4) is 5.75 Å². The number of Topliss-reactive ketones (excluding diaryl/α,β-unsaturated/α-hetero) is 1. The van der Waals surface area contributed by atoms with Gasteiger partial charge in [0.2, 0.25) is 0 Å². The number of rotatable bonds is 11. The van der Waals surface area contributed by atoms with Crippen LogP contribution in [0.25, 0.3) is 0 Å². The molecule has 0 aliphatic heterocycles. The van der Waals surface area contributed by atoms with Crippen LogP contribution < -0.4 is 4.74 Å². The molecule has 0 aliphatic rings. The van der Waals surface area contributed by atoms with Gasteiger partial charge in [0.05, 0.1) is 33.0 Å². The van der Waals surface area contributed by atoms with Crippen molar-refractivity contribution in [2.45, 2.75) is 6.92 Å². The summed E-state index contributed by atoms with van der Waals surface area (Å²) in [5.74, 6) is -0.622. The van der Waals surface area contributed by atoms with Gasteiger partial charge in [-0.1, -0.05) is 0 Å². The van der Waals surface area contributed by atoms with E-state index in [1.807, 2.05) is 0 Å². The van der Waals surface area contributed by atoms with E-state index in [9.17, 15) is 9.18 Å². The second kappa shape index (κ2) is 10.3. The first-order chi connectivity index (χ1) is 10.1. The second-order valence-electron chi connectivity index (χ2n) is 4.27. The molecule has 6 heteroatoms. The van der Waals surface area contributed by atoms with Gasteiger partial charge in [0.25, 0.3) is 0 Å². The summed E-state index contributed by atoms with van der Waals surface area (Å²) in [6.07, 6.45) is 0. The smallest absolute Gasteiger partial charge is 0.165 e. The van der Waals surface area contributed by atoms with E-state index in [-0.39, 0.29) is 18.1 Å². The fourth-order valence-electron chi connectivity index (χ4n) is 1.51. The number of ketones is 1. The maximum Gasteiger partial charge on any atom is 0.165 e. The molecule has 1 aromatic rings. The van der Waals surface area contributed by atoms with Crippen molar-refractivity contribution in [2.24, 2.45) is 0 Å². The maximum absolute atomic E-state index is 13.6. The summed E-state index contributed by atoms with van der Waals surface area (Å²) in [5, 5.41) is 0. The molecule has 0 heterocycles. The molecule has 0 aliphatic carbocycles. The fourth-order valence-corrected chi connectivity index (χ4v) is 1.51. The van der Waals surface area contributed by atoms with Crippen LogP contribution in [0.5, 0.6) is 5.75 Å². The lowest BCUT2D eigenvalue weighted by atomic mass is 10.1. The first kappa shape index (κ1) is 17.6. The van der Waals surface area contributed by atoms with Gasteiger partial charge in [0.1, 0.15) is 6.61 Å². The molecule has 21 heavy (non-hydrogen) atoms.